The number of rotatable bonds is 3. The molecule has 0 atom stereocenters. The monoisotopic (exact) mass is 261 g/mol. The van der Waals surface area contributed by atoms with Crippen molar-refractivity contribution in [1.82, 2.24) is 4.98 Å². The molecular formula is C18H15NO. The van der Waals surface area contributed by atoms with Crippen LogP contribution in [0.25, 0.3) is 0 Å². The minimum absolute atomic E-state index is 0.0475. The van der Waals surface area contributed by atoms with Gasteiger partial charge in [0.2, 0.25) is 5.56 Å². The van der Waals surface area contributed by atoms with Crippen LogP contribution in [-0.2, 0) is 0 Å². The largest absolute Gasteiger partial charge is 0.325 e. The van der Waals surface area contributed by atoms with Gasteiger partial charge in [0.05, 0.1) is 0 Å². The first kappa shape index (κ1) is 12.4. The number of aromatic nitrogens is 1. The lowest BCUT2D eigenvalue weighted by Crippen LogP contribution is -2.12. The summed E-state index contributed by atoms with van der Waals surface area (Å²) in [4.78, 5) is 14.6. The minimum atomic E-state index is -0.0700. The van der Waals surface area contributed by atoms with Crippen LogP contribution in [0.3, 0.4) is 0 Å². The Morgan fingerprint density at radius 2 is 1.20 bits per heavy atom. The van der Waals surface area contributed by atoms with Crippen molar-refractivity contribution in [2.45, 2.75) is 5.92 Å². The van der Waals surface area contributed by atoms with E-state index < -0.39 is 0 Å². The molecule has 1 N–H and O–H groups in total. The van der Waals surface area contributed by atoms with E-state index in [0.717, 1.165) is 5.69 Å². The molecule has 2 heteroatoms. The minimum Gasteiger partial charge on any atom is -0.325 e. The molecule has 3 rings (SSSR count). The molecule has 0 fully saturated rings. The van der Waals surface area contributed by atoms with Crippen LogP contribution in [-0.4, -0.2) is 4.98 Å². The Balaban J connectivity index is 2.16. The first-order chi connectivity index (χ1) is 9.84. The van der Waals surface area contributed by atoms with Crippen LogP contribution in [0.4, 0.5) is 0 Å². The van der Waals surface area contributed by atoms with Gasteiger partial charge in [-0.3, -0.25) is 4.79 Å². The average molecular weight is 261 g/mol. The second-order valence-corrected chi connectivity index (χ2v) is 4.72. The lowest BCUT2D eigenvalue weighted by Gasteiger charge is -2.18. The summed E-state index contributed by atoms with van der Waals surface area (Å²) in [5.74, 6) is 0.0475. The summed E-state index contributed by atoms with van der Waals surface area (Å²) in [6.07, 6.45) is 0. The van der Waals surface area contributed by atoms with Gasteiger partial charge in [-0.1, -0.05) is 66.7 Å². The van der Waals surface area contributed by atoms with Crippen molar-refractivity contribution in [1.29, 1.82) is 0 Å². The second kappa shape index (κ2) is 5.57. The normalized spacial score (nSPS) is 10.7. The molecule has 1 heterocycles. The molecule has 2 nitrogen and oxygen atoms in total. The zero-order valence-electron chi connectivity index (χ0n) is 11.0. The summed E-state index contributed by atoms with van der Waals surface area (Å²) >= 11 is 0. The second-order valence-electron chi connectivity index (χ2n) is 4.72. The number of aromatic amines is 1. The van der Waals surface area contributed by atoms with Crippen LogP contribution in [0.2, 0.25) is 0 Å². The fraction of sp³-hybridized carbons (Fsp3) is 0.0556. The molecule has 0 saturated carbocycles. The van der Waals surface area contributed by atoms with Crippen LogP contribution in [0.5, 0.6) is 0 Å². The first-order valence-corrected chi connectivity index (χ1v) is 6.64. The van der Waals surface area contributed by atoms with Gasteiger partial charge >= 0.3 is 0 Å². The van der Waals surface area contributed by atoms with Crippen LogP contribution < -0.4 is 5.56 Å². The fourth-order valence-corrected chi connectivity index (χ4v) is 2.48. The summed E-state index contributed by atoms with van der Waals surface area (Å²) in [7, 11) is 0. The van der Waals surface area contributed by atoms with E-state index in [4.69, 9.17) is 0 Å². The number of nitrogens with one attached hydrogen (secondary N) is 1. The van der Waals surface area contributed by atoms with Gasteiger partial charge in [0, 0.05) is 17.7 Å². The van der Waals surface area contributed by atoms with Gasteiger partial charge in [-0.15, -0.1) is 0 Å². The van der Waals surface area contributed by atoms with Crippen molar-refractivity contribution in [2.75, 3.05) is 0 Å². The van der Waals surface area contributed by atoms with E-state index in [-0.39, 0.29) is 11.5 Å². The molecule has 2 aromatic carbocycles. The Hall–Kier alpha value is -2.61. The summed E-state index contributed by atoms with van der Waals surface area (Å²) < 4.78 is 0. The number of H-pyrrole nitrogens is 1. The third-order valence-electron chi connectivity index (χ3n) is 3.37. The Bertz CT molecular complexity index is 692. The quantitative estimate of drug-likeness (QED) is 0.768. The lowest BCUT2D eigenvalue weighted by molar-refractivity contribution is 0.907. The zero-order valence-corrected chi connectivity index (χ0v) is 11.0. The molecule has 3 aromatic rings. The fourth-order valence-electron chi connectivity index (χ4n) is 2.48. The number of hydrogen-bond acceptors (Lipinski definition) is 1. The van der Waals surface area contributed by atoms with Gasteiger partial charge in [0.1, 0.15) is 0 Å². The van der Waals surface area contributed by atoms with Crippen LogP contribution in [0.15, 0.2) is 83.7 Å². The molecule has 0 aliphatic heterocycles. The van der Waals surface area contributed by atoms with E-state index in [1.165, 1.54) is 17.2 Å². The molecule has 0 amide bonds. The standard InChI is InChI=1S/C18H15NO/c20-17-13-7-12-16(19-17)18(14-8-3-1-4-9-14)15-10-5-2-6-11-15/h1-13,18H,(H,19,20). The van der Waals surface area contributed by atoms with Crippen molar-refractivity contribution in [3.8, 4) is 0 Å². The highest BCUT2D eigenvalue weighted by molar-refractivity contribution is 5.40. The van der Waals surface area contributed by atoms with Crippen molar-refractivity contribution in [3.63, 3.8) is 0 Å². The zero-order chi connectivity index (χ0) is 13.8. The maximum atomic E-state index is 11.6. The highest BCUT2D eigenvalue weighted by Gasteiger charge is 2.16. The molecule has 0 spiro atoms. The molecule has 1 aromatic heterocycles. The molecule has 0 aliphatic carbocycles. The molecule has 0 unspecified atom stereocenters. The van der Waals surface area contributed by atoms with Crippen LogP contribution >= 0.6 is 0 Å². The van der Waals surface area contributed by atoms with E-state index in [1.54, 1.807) is 6.07 Å². The number of pyridine rings is 1. The first-order valence-electron chi connectivity index (χ1n) is 6.64. The molecule has 0 saturated heterocycles. The summed E-state index contributed by atoms with van der Waals surface area (Å²) in [6.45, 7) is 0. The third kappa shape index (κ3) is 2.54. The summed E-state index contributed by atoms with van der Waals surface area (Å²) in [5, 5.41) is 0. The molecule has 98 valence electrons. The average Bonchev–Trinajstić information content (AvgIpc) is 2.50. The maximum Gasteiger partial charge on any atom is 0.248 e. The Labute approximate surface area is 117 Å². The summed E-state index contributed by atoms with van der Waals surface area (Å²) in [5.41, 5.74) is 3.18. The van der Waals surface area contributed by atoms with Gasteiger partial charge in [0.15, 0.2) is 0 Å². The van der Waals surface area contributed by atoms with Crippen LogP contribution in [0.1, 0.15) is 22.7 Å². The lowest BCUT2D eigenvalue weighted by atomic mass is 9.88. The highest BCUT2D eigenvalue weighted by Crippen LogP contribution is 2.29. The van der Waals surface area contributed by atoms with Gasteiger partial charge in [0.25, 0.3) is 0 Å². The van der Waals surface area contributed by atoms with Gasteiger partial charge in [-0.05, 0) is 17.2 Å². The van der Waals surface area contributed by atoms with E-state index in [9.17, 15) is 4.79 Å². The van der Waals surface area contributed by atoms with Gasteiger partial charge < -0.3 is 4.98 Å². The molecule has 0 bridgehead atoms. The van der Waals surface area contributed by atoms with E-state index in [1.807, 2.05) is 42.5 Å². The van der Waals surface area contributed by atoms with Crippen molar-refractivity contribution in [3.05, 3.63) is 106 Å². The Morgan fingerprint density at radius 1 is 0.650 bits per heavy atom. The van der Waals surface area contributed by atoms with Crippen molar-refractivity contribution in [2.24, 2.45) is 0 Å². The molecule has 20 heavy (non-hydrogen) atoms. The predicted molar refractivity (Wildman–Crippen MR) is 80.9 cm³/mol. The van der Waals surface area contributed by atoms with E-state index >= 15 is 0 Å². The summed E-state index contributed by atoms with van der Waals surface area (Å²) in [6, 6.07) is 25.7. The number of hydrogen-bond donors (Lipinski definition) is 1. The van der Waals surface area contributed by atoms with Crippen molar-refractivity contribution < 1.29 is 0 Å². The molecular weight excluding hydrogens is 246 g/mol. The molecule has 0 radical (unpaired) electrons. The predicted octanol–water partition coefficient (Wildman–Crippen LogP) is 3.56. The third-order valence-corrected chi connectivity index (χ3v) is 3.37. The maximum absolute atomic E-state index is 11.6. The topological polar surface area (TPSA) is 32.9 Å². The van der Waals surface area contributed by atoms with Crippen molar-refractivity contribution >= 4 is 0 Å². The van der Waals surface area contributed by atoms with Gasteiger partial charge in [-0.25, -0.2) is 0 Å². The Morgan fingerprint density at radius 3 is 1.70 bits per heavy atom. The SMILES string of the molecule is O=c1cccc(C(c2ccccc2)c2ccccc2)[nH]1. The Kier molecular flexibility index (Phi) is 3.46. The van der Waals surface area contributed by atoms with Gasteiger partial charge in [-0.2, -0.15) is 0 Å². The highest BCUT2D eigenvalue weighted by atomic mass is 16.1. The van der Waals surface area contributed by atoms with E-state index in [0.29, 0.717) is 0 Å². The van der Waals surface area contributed by atoms with Crippen LogP contribution in [0, 0.1) is 0 Å². The van der Waals surface area contributed by atoms with E-state index in [2.05, 4.69) is 29.2 Å². The molecule has 0 aliphatic rings. The number of benzene rings is 2. The smallest absolute Gasteiger partial charge is 0.248 e.